The molecule has 2 aromatic rings. The lowest BCUT2D eigenvalue weighted by atomic mass is 10.0. The van der Waals surface area contributed by atoms with Gasteiger partial charge in [0, 0.05) is 12.8 Å². The number of ether oxygens (including phenoxy) is 1. The summed E-state index contributed by atoms with van der Waals surface area (Å²) < 4.78 is 5.33. The Kier molecular flexibility index (Phi) is 11.5. The number of carbonyl (C=O) groups excluding carboxylic acids is 3. The van der Waals surface area contributed by atoms with E-state index in [0.717, 1.165) is 11.1 Å². The van der Waals surface area contributed by atoms with E-state index in [0.29, 0.717) is 0 Å². The van der Waals surface area contributed by atoms with Gasteiger partial charge < -0.3 is 25.8 Å². The summed E-state index contributed by atoms with van der Waals surface area (Å²) in [7, 11) is 0. The van der Waals surface area contributed by atoms with Crippen molar-refractivity contribution in [1.82, 2.24) is 16.0 Å². The molecule has 0 saturated carbocycles. The highest BCUT2D eigenvalue weighted by Crippen LogP contribution is 2.10. The Labute approximate surface area is 222 Å². The van der Waals surface area contributed by atoms with Crippen LogP contribution in [0.1, 0.15) is 38.3 Å². The normalized spacial score (nSPS) is 13.5. The molecule has 0 aromatic heterocycles. The second-order valence-electron chi connectivity index (χ2n) is 9.55. The number of amides is 3. The van der Waals surface area contributed by atoms with Crippen molar-refractivity contribution >= 4 is 36.5 Å². The van der Waals surface area contributed by atoms with Crippen molar-refractivity contribution in [2.75, 3.05) is 5.75 Å². The van der Waals surface area contributed by atoms with E-state index in [1.165, 1.54) is 0 Å². The number of benzene rings is 2. The summed E-state index contributed by atoms with van der Waals surface area (Å²) in [5.74, 6) is -2.19. The molecule has 0 aliphatic heterocycles. The minimum atomic E-state index is -1.19. The molecule has 0 radical (unpaired) electrons. The molecule has 9 nitrogen and oxygen atoms in total. The Balaban J connectivity index is 2.27. The van der Waals surface area contributed by atoms with Crippen molar-refractivity contribution in [3.8, 4) is 0 Å². The van der Waals surface area contributed by atoms with E-state index in [2.05, 4.69) is 28.6 Å². The van der Waals surface area contributed by atoms with Gasteiger partial charge in [0.15, 0.2) is 0 Å². The summed E-state index contributed by atoms with van der Waals surface area (Å²) in [4.78, 5) is 50.6. The maximum absolute atomic E-state index is 13.4. The Morgan fingerprint density at radius 2 is 1.22 bits per heavy atom. The molecular formula is C27H35N3O6S. The summed E-state index contributed by atoms with van der Waals surface area (Å²) in [5, 5.41) is 17.3. The third kappa shape index (κ3) is 10.9. The number of carboxylic acids is 1. The van der Waals surface area contributed by atoms with Gasteiger partial charge in [0.05, 0.1) is 0 Å². The van der Waals surface area contributed by atoms with Gasteiger partial charge in [-0.2, -0.15) is 12.6 Å². The minimum absolute atomic E-state index is 0.118. The van der Waals surface area contributed by atoms with Crippen molar-refractivity contribution in [3.63, 3.8) is 0 Å². The van der Waals surface area contributed by atoms with E-state index in [-0.39, 0.29) is 25.0 Å². The predicted molar refractivity (Wildman–Crippen MR) is 143 cm³/mol. The van der Waals surface area contributed by atoms with Gasteiger partial charge in [-0.05, 0) is 44.1 Å². The van der Waals surface area contributed by atoms with Crippen molar-refractivity contribution < 1.29 is 29.0 Å². The van der Waals surface area contributed by atoms with Gasteiger partial charge in [0.2, 0.25) is 11.8 Å². The molecule has 0 fully saturated rings. The molecule has 37 heavy (non-hydrogen) atoms. The number of aliphatic carboxylic acids is 1. The Bertz CT molecular complexity index is 1040. The van der Waals surface area contributed by atoms with Crippen LogP contribution in [0.2, 0.25) is 0 Å². The molecule has 2 aromatic carbocycles. The van der Waals surface area contributed by atoms with Crippen molar-refractivity contribution in [1.29, 1.82) is 0 Å². The molecule has 3 amide bonds. The highest BCUT2D eigenvalue weighted by atomic mass is 32.1. The molecule has 200 valence electrons. The van der Waals surface area contributed by atoms with Gasteiger partial charge in [0.1, 0.15) is 23.7 Å². The fourth-order valence-electron chi connectivity index (χ4n) is 3.50. The molecule has 2 rings (SSSR count). The highest BCUT2D eigenvalue weighted by Gasteiger charge is 2.30. The molecule has 0 aliphatic carbocycles. The molecule has 10 heteroatoms. The second kappa shape index (κ2) is 14.3. The van der Waals surface area contributed by atoms with E-state index in [9.17, 15) is 24.3 Å². The van der Waals surface area contributed by atoms with Crippen molar-refractivity contribution in [2.24, 2.45) is 0 Å². The van der Waals surface area contributed by atoms with Gasteiger partial charge >= 0.3 is 12.1 Å². The summed E-state index contributed by atoms with van der Waals surface area (Å²) in [6.45, 7) is 5.13. The van der Waals surface area contributed by atoms with Gasteiger partial charge in [-0.15, -0.1) is 0 Å². The van der Waals surface area contributed by atoms with Crippen LogP contribution in [0.15, 0.2) is 60.7 Å². The third-order valence-corrected chi connectivity index (χ3v) is 5.50. The molecule has 0 aliphatic rings. The second-order valence-corrected chi connectivity index (χ2v) is 10.00. The van der Waals surface area contributed by atoms with E-state index in [1.54, 1.807) is 45.0 Å². The summed E-state index contributed by atoms with van der Waals surface area (Å²) in [6.07, 6.45) is -0.376. The third-order valence-electron chi connectivity index (χ3n) is 5.24. The van der Waals surface area contributed by atoms with Gasteiger partial charge in [-0.3, -0.25) is 9.59 Å². The Hall–Kier alpha value is -3.53. The molecule has 0 heterocycles. The lowest BCUT2D eigenvalue weighted by Crippen LogP contribution is -2.57. The van der Waals surface area contributed by atoms with Gasteiger partial charge in [0.25, 0.3) is 0 Å². The maximum atomic E-state index is 13.4. The zero-order valence-corrected chi connectivity index (χ0v) is 22.2. The summed E-state index contributed by atoms with van der Waals surface area (Å²) >= 11 is 4.06. The minimum Gasteiger partial charge on any atom is -0.480 e. The average molecular weight is 530 g/mol. The van der Waals surface area contributed by atoms with Crippen LogP contribution in [-0.2, 0) is 32.0 Å². The maximum Gasteiger partial charge on any atom is 0.408 e. The summed E-state index contributed by atoms with van der Waals surface area (Å²) in [5.41, 5.74) is 0.790. The van der Waals surface area contributed by atoms with Crippen molar-refractivity contribution in [3.05, 3.63) is 71.8 Å². The van der Waals surface area contributed by atoms with E-state index in [1.807, 2.05) is 36.4 Å². The number of carbonyl (C=O) groups is 4. The van der Waals surface area contributed by atoms with Crippen LogP contribution >= 0.6 is 12.6 Å². The first-order valence-electron chi connectivity index (χ1n) is 12.0. The van der Waals surface area contributed by atoms with Crippen molar-refractivity contribution in [2.45, 2.75) is 63.8 Å². The van der Waals surface area contributed by atoms with Crippen LogP contribution in [0, 0.1) is 0 Å². The quantitative estimate of drug-likeness (QED) is 0.269. The number of alkyl carbamates (subject to hydrolysis) is 1. The smallest absolute Gasteiger partial charge is 0.408 e. The monoisotopic (exact) mass is 529 g/mol. The molecule has 4 N–H and O–H groups in total. The SMILES string of the molecule is CC(C)(C)OC(=O)N[C@@H](Cc1ccccc1)C(=O)N[C@@H](Cc1ccccc1)C(=O)NC(CCS)C(=O)O. The topological polar surface area (TPSA) is 134 Å². The fourth-order valence-corrected chi connectivity index (χ4v) is 3.76. The number of hydrogen-bond acceptors (Lipinski definition) is 6. The van der Waals surface area contributed by atoms with Crippen LogP contribution in [0.5, 0.6) is 0 Å². The molecule has 3 atom stereocenters. The number of carboxylic acid groups (broad SMARTS) is 1. The largest absolute Gasteiger partial charge is 0.480 e. The van der Waals surface area contributed by atoms with Crippen LogP contribution < -0.4 is 16.0 Å². The van der Waals surface area contributed by atoms with E-state index >= 15 is 0 Å². The molecule has 1 unspecified atom stereocenters. The van der Waals surface area contributed by atoms with Crippen LogP contribution in [0.3, 0.4) is 0 Å². The number of rotatable bonds is 12. The van der Waals surface area contributed by atoms with Gasteiger partial charge in [-0.25, -0.2) is 9.59 Å². The lowest BCUT2D eigenvalue weighted by molar-refractivity contribution is -0.142. The first kappa shape index (κ1) is 29.7. The fraction of sp³-hybridized carbons (Fsp3) is 0.407. The van der Waals surface area contributed by atoms with Crippen LogP contribution in [-0.4, -0.2) is 58.5 Å². The van der Waals surface area contributed by atoms with E-state index < -0.39 is 47.6 Å². The Morgan fingerprint density at radius 3 is 1.62 bits per heavy atom. The molecule has 0 bridgehead atoms. The van der Waals surface area contributed by atoms with Crippen LogP contribution in [0.4, 0.5) is 4.79 Å². The standard InChI is InChI=1S/C27H35N3O6S/c1-27(2,3)36-26(35)30-22(17-19-12-8-5-9-13-19)24(32)29-21(16-18-10-6-4-7-11-18)23(31)28-20(14-15-37)25(33)34/h4-13,20-22,37H,14-17H2,1-3H3,(H,28,31)(H,29,32)(H,30,35)(H,33,34)/t20?,21-,22-/m0/s1. The lowest BCUT2D eigenvalue weighted by Gasteiger charge is -2.26. The number of thiol groups is 1. The summed E-state index contributed by atoms with van der Waals surface area (Å²) in [6, 6.07) is 14.9. The molecular weight excluding hydrogens is 494 g/mol. The average Bonchev–Trinajstić information content (AvgIpc) is 2.83. The number of nitrogens with one attached hydrogen (secondary N) is 3. The Morgan fingerprint density at radius 1 is 0.784 bits per heavy atom. The predicted octanol–water partition coefficient (Wildman–Crippen LogP) is 2.74. The zero-order chi connectivity index (χ0) is 27.4. The first-order valence-corrected chi connectivity index (χ1v) is 12.6. The number of hydrogen-bond donors (Lipinski definition) is 5. The zero-order valence-electron chi connectivity index (χ0n) is 21.3. The van der Waals surface area contributed by atoms with E-state index in [4.69, 9.17) is 4.74 Å². The molecule has 0 spiro atoms. The molecule has 0 saturated heterocycles. The first-order chi connectivity index (χ1) is 17.5. The van der Waals surface area contributed by atoms with Gasteiger partial charge in [-0.1, -0.05) is 60.7 Å². The van der Waals surface area contributed by atoms with Crippen LogP contribution in [0.25, 0.3) is 0 Å². The highest BCUT2D eigenvalue weighted by molar-refractivity contribution is 7.80.